The molecule has 1 aliphatic heterocycles. The summed E-state index contributed by atoms with van der Waals surface area (Å²) in [4.78, 5) is 17.3. The lowest BCUT2D eigenvalue weighted by atomic mass is 10.1. The molecule has 0 bridgehead atoms. The van der Waals surface area contributed by atoms with Crippen LogP contribution in [0, 0.1) is 0 Å². The number of benzene rings is 2. The number of nitrogens with zero attached hydrogens (tertiary/aromatic N) is 1. The largest absolute Gasteiger partial charge is 0.438 e. The maximum absolute atomic E-state index is 12.8. The zero-order valence-electron chi connectivity index (χ0n) is 14.4. The molecule has 132 valence electrons. The molecule has 0 spiro atoms. The predicted molar refractivity (Wildman–Crippen MR) is 99.2 cm³/mol. The Labute approximate surface area is 151 Å². The van der Waals surface area contributed by atoms with Crippen LogP contribution in [0.4, 0.5) is 5.69 Å². The fourth-order valence-electron chi connectivity index (χ4n) is 3.04. The van der Waals surface area contributed by atoms with Gasteiger partial charge in [-0.1, -0.05) is 36.4 Å². The summed E-state index contributed by atoms with van der Waals surface area (Å²) in [6.45, 7) is 1.26. The summed E-state index contributed by atoms with van der Waals surface area (Å²) in [6.07, 6.45) is 2.11. The van der Waals surface area contributed by atoms with Crippen LogP contribution in [-0.2, 0) is 4.74 Å². The van der Waals surface area contributed by atoms with Crippen molar-refractivity contribution in [2.24, 2.45) is 4.99 Å². The summed E-state index contributed by atoms with van der Waals surface area (Å²) in [6, 6.07) is 18.9. The number of carbonyl (C=O) groups is 1. The molecule has 1 aliphatic rings. The number of para-hydroxylation sites is 2. The average molecular weight is 348 g/mol. The van der Waals surface area contributed by atoms with Crippen LogP contribution in [-0.4, -0.2) is 25.2 Å². The van der Waals surface area contributed by atoms with E-state index < -0.39 is 0 Å². The molecule has 1 saturated heterocycles. The molecule has 0 radical (unpaired) electrons. The van der Waals surface area contributed by atoms with E-state index in [4.69, 9.17) is 9.15 Å². The molecule has 1 amide bonds. The Balaban J connectivity index is 1.72. The van der Waals surface area contributed by atoms with E-state index in [0.29, 0.717) is 23.2 Å². The van der Waals surface area contributed by atoms with Gasteiger partial charge in [-0.2, -0.15) is 0 Å². The summed E-state index contributed by atoms with van der Waals surface area (Å²) in [5, 5.41) is 3.81. The van der Waals surface area contributed by atoms with Gasteiger partial charge in [0.15, 0.2) is 0 Å². The van der Waals surface area contributed by atoms with Crippen LogP contribution in [0.5, 0.6) is 0 Å². The van der Waals surface area contributed by atoms with E-state index in [9.17, 15) is 4.79 Å². The first-order valence-electron chi connectivity index (χ1n) is 8.82. The van der Waals surface area contributed by atoms with Gasteiger partial charge in [-0.05, 0) is 37.1 Å². The monoisotopic (exact) mass is 348 g/mol. The highest BCUT2D eigenvalue weighted by molar-refractivity contribution is 5.96. The minimum Gasteiger partial charge on any atom is -0.438 e. The van der Waals surface area contributed by atoms with E-state index in [1.54, 1.807) is 0 Å². The van der Waals surface area contributed by atoms with Gasteiger partial charge >= 0.3 is 0 Å². The van der Waals surface area contributed by atoms with E-state index in [1.165, 1.54) is 0 Å². The molecule has 1 atom stereocenters. The molecule has 5 nitrogen and oxygen atoms in total. The van der Waals surface area contributed by atoms with Gasteiger partial charge in [0.25, 0.3) is 5.91 Å². The van der Waals surface area contributed by atoms with Crippen molar-refractivity contribution in [3.8, 4) is 0 Å². The molecule has 26 heavy (non-hydrogen) atoms. The first-order valence-corrected chi connectivity index (χ1v) is 8.82. The molecule has 5 heteroatoms. The van der Waals surface area contributed by atoms with E-state index in [2.05, 4.69) is 10.3 Å². The Kier molecular flexibility index (Phi) is 4.80. The molecule has 2 heterocycles. The second-order valence-electron chi connectivity index (χ2n) is 6.30. The third kappa shape index (κ3) is 3.68. The van der Waals surface area contributed by atoms with Gasteiger partial charge in [-0.25, -0.2) is 4.99 Å². The molecular weight excluding hydrogens is 328 g/mol. The van der Waals surface area contributed by atoms with Crippen LogP contribution in [0.25, 0.3) is 11.0 Å². The topological polar surface area (TPSA) is 63.8 Å². The Bertz CT molecular complexity index is 973. The lowest BCUT2D eigenvalue weighted by Crippen LogP contribution is -2.34. The van der Waals surface area contributed by atoms with Crippen LogP contribution in [0.3, 0.4) is 0 Å². The van der Waals surface area contributed by atoms with Gasteiger partial charge in [0.2, 0.25) is 5.55 Å². The third-order valence-electron chi connectivity index (χ3n) is 4.40. The van der Waals surface area contributed by atoms with Crippen molar-refractivity contribution in [3.05, 3.63) is 71.8 Å². The average Bonchev–Trinajstić information content (AvgIpc) is 3.20. The van der Waals surface area contributed by atoms with Crippen molar-refractivity contribution in [2.75, 3.05) is 13.2 Å². The summed E-state index contributed by atoms with van der Waals surface area (Å²) < 4.78 is 11.5. The second kappa shape index (κ2) is 7.54. The summed E-state index contributed by atoms with van der Waals surface area (Å²) in [5.41, 5.74) is 2.16. The van der Waals surface area contributed by atoms with Crippen molar-refractivity contribution >= 4 is 22.6 Å². The fraction of sp³-hybridized carbons (Fsp3) is 0.238. The van der Waals surface area contributed by atoms with Gasteiger partial charge in [0.1, 0.15) is 11.1 Å². The highest BCUT2D eigenvalue weighted by Gasteiger charge is 2.18. The number of carbonyl (C=O) groups excluding carboxylic acids is 1. The quantitative estimate of drug-likeness (QED) is 0.784. The number of rotatable bonds is 4. The molecule has 1 N–H and O–H groups in total. The van der Waals surface area contributed by atoms with Crippen molar-refractivity contribution < 1.29 is 13.9 Å². The molecule has 2 aromatic carbocycles. The number of nitrogens with one attached hydrogen (secondary N) is 1. The van der Waals surface area contributed by atoms with E-state index in [0.717, 1.165) is 30.5 Å². The SMILES string of the molecule is O=C(NCC1CCCO1)c1cc2ccccc2oc1=Nc1ccccc1. The molecule has 0 saturated carbocycles. The number of hydrogen-bond acceptors (Lipinski definition) is 4. The van der Waals surface area contributed by atoms with Crippen LogP contribution >= 0.6 is 0 Å². The minimum absolute atomic E-state index is 0.0888. The standard InChI is InChI=1S/C21H20N2O3/c24-20(22-14-17-10-6-12-25-17)18-13-15-7-4-5-11-19(15)26-21(18)23-16-8-2-1-3-9-16/h1-5,7-9,11,13,17H,6,10,12,14H2,(H,22,24). The van der Waals surface area contributed by atoms with Gasteiger partial charge in [-0.3, -0.25) is 4.79 Å². The van der Waals surface area contributed by atoms with Crippen molar-refractivity contribution in [1.29, 1.82) is 0 Å². The lowest BCUT2D eigenvalue weighted by molar-refractivity contribution is 0.0854. The van der Waals surface area contributed by atoms with Crippen LogP contribution in [0.1, 0.15) is 23.2 Å². The zero-order chi connectivity index (χ0) is 17.8. The Morgan fingerprint density at radius 2 is 1.92 bits per heavy atom. The lowest BCUT2D eigenvalue weighted by Gasteiger charge is -2.11. The van der Waals surface area contributed by atoms with Gasteiger partial charge in [0, 0.05) is 18.5 Å². The molecule has 0 aliphatic carbocycles. The minimum atomic E-state index is -0.204. The zero-order valence-corrected chi connectivity index (χ0v) is 14.4. The molecule has 3 aromatic rings. The van der Waals surface area contributed by atoms with Crippen LogP contribution in [0.2, 0.25) is 0 Å². The normalized spacial score (nSPS) is 17.5. The van der Waals surface area contributed by atoms with Crippen LogP contribution in [0.15, 0.2) is 70.1 Å². The Morgan fingerprint density at radius 3 is 2.73 bits per heavy atom. The van der Waals surface area contributed by atoms with E-state index in [1.807, 2.05) is 60.7 Å². The first kappa shape index (κ1) is 16.5. The maximum atomic E-state index is 12.8. The predicted octanol–water partition coefficient (Wildman–Crippen LogP) is 3.57. The molecule has 1 aromatic heterocycles. The number of amides is 1. The number of hydrogen-bond donors (Lipinski definition) is 1. The fourth-order valence-corrected chi connectivity index (χ4v) is 3.04. The van der Waals surface area contributed by atoms with Crippen molar-refractivity contribution in [3.63, 3.8) is 0 Å². The Morgan fingerprint density at radius 1 is 1.12 bits per heavy atom. The number of ether oxygens (including phenoxy) is 1. The summed E-state index contributed by atoms with van der Waals surface area (Å²) >= 11 is 0. The molecule has 4 rings (SSSR count). The Hall–Kier alpha value is -2.92. The highest BCUT2D eigenvalue weighted by atomic mass is 16.5. The smallest absolute Gasteiger partial charge is 0.256 e. The third-order valence-corrected chi connectivity index (χ3v) is 4.40. The summed E-state index contributed by atoms with van der Waals surface area (Å²) in [7, 11) is 0. The highest BCUT2D eigenvalue weighted by Crippen LogP contribution is 2.15. The summed E-state index contributed by atoms with van der Waals surface area (Å²) in [5.74, 6) is -0.204. The second-order valence-corrected chi connectivity index (χ2v) is 6.30. The molecule has 1 fully saturated rings. The molecule has 1 unspecified atom stereocenters. The van der Waals surface area contributed by atoms with Crippen molar-refractivity contribution in [1.82, 2.24) is 5.32 Å². The van der Waals surface area contributed by atoms with Crippen LogP contribution < -0.4 is 10.9 Å². The van der Waals surface area contributed by atoms with Gasteiger partial charge in [0.05, 0.1) is 11.8 Å². The van der Waals surface area contributed by atoms with E-state index >= 15 is 0 Å². The van der Waals surface area contributed by atoms with Crippen molar-refractivity contribution in [2.45, 2.75) is 18.9 Å². The van der Waals surface area contributed by atoms with Gasteiger partial charge in [-0.15, -0.1) is 0 Å². The maximum Gasteiger partial charge on any atom is 0.256 e. The van der Waals surface area contributed by atoms with Gasteiger partial charge < -0.3 is 14.5 Å². The molecular formula is C21H20N2O3. The first-order chi connectivity index (χ1) is 12.8. The number of fused-ring (bicyclic) bond motifs is 1. The van der Waals surface area contributed by atoms with E-state index in [-0.39, 0.29) is 12.0 Å².